The van der Waals surface area contributed by atoms with E-state index in [0.29, 0.717) is 25.3 Å². The first-order valence-electron chi connectivity index (χ1n) is 7.60. The summed E-state index contributed by atoms with van der Waals surface area (Å²) >= 11 is 1.65. The molecule has 1 atom stereocenters. The number of nitrogens with zero attached hydrogens (tertiary/aromatic N) is 2. The fourth-order valence-corrected chi connectivity index (χ4v) is 3.33. The SMILES string of the molecule is CC[C@H]1CN(C(=O)c2ccc(-c3ccsc3)nc2C)CCO1. The molecule has 0 bridgehead atoms. The number of rotatable bonds is 3. The second-order valence-electron chi connectivity index (χ2n) is 5.49. The number of ether oxygens (including phenoxy) is 1. The summed E-state index contributed by atoms with van der Waals surface area (Å²) in [4.78, 5) is 19.2. The number of carbonyl (C=O) groups is 1. The lowest BCUT2D eigenvalue weighted by molar-refractivity contribution is -0.0226. The van der Waals surface area contributed by atoms with E-state index in [-0.39, 0.29) is 12.0 Å². The van der Waals surface area contributed by atoms with Gasteiger partial charge in [-0.3, -0.25) is 9.78 Å². The molecule has 0 N–H and O–H groups in total. The van der Waals surface area contributed by atoms with Crippen LogP contribution in [-0.2, 0) is 4.74 Å². The van der Waals surface area contributed by atoms with Gasteiger partial charge < -0.3 is 9.64 Å². The molecule has 2 aromatic heterocycles. The van der Waals surface area contributed by atoms with Crippen LogP contribution in [0.3, 0.4) is 0 Å². The van der Waals surface area contributed by atoms with Crippen LogP contribution in [0, 0.1) is 6.92 Å². The average molecular weight is 316 g/mol. The third-order valence-corrected chi connectivity index (χ3v) is 4.70. The Labute approximate surface area is 134 Å². The summed E-state index contributed by atoms with van der Waals surface area (Å²) in [6.07, 6.45) is 1.08. The Hall–Kier alpha value is -1.72. The van der Waals surface area contributed by atoms with Gasteiger partial charge in [0.25, 0.3) is 5.91 Å². The highest BCUT2D eigenvalue weighted by molar-refractivity contribution is 7.08. The van der Waals surface area contributed by atoms with Gasteiger partial charge in [0.15, 0.2) is 0 Å². The summed E-state index contributed by atoms with van der Waals surface area (Å²) < 4.78 is 5.63. The molecule has 0 saturated carbocycles. The number of pyridine rings is 1. The van der Waals surface area contributed by atoms with Gasteiger partial charge in [-0.2, -0.15) is 11.3 Å². The van der Waals surface area contributed by atoms with Crippen molar-refractivity contribution in [2.45, 2.75) is 26.4 Å². The lowest BCUT2D eigenvalue weighted by atomic mass is 10.1. The number of aryl methyl sites for hydroxylation is 1. The number of aromatic nitrogens is 1. The zero-order chi connectivity index (χ0) is 15.5. The minimum atomic E-state index is 0.0589. The number of hydrogen-bond donors (Lipinski definition) is 0. The quantitative estimate of drug-likeness (QED) is 0.872. The predicted molar refractivity (Wildman–Crippen MR) is 88.2 cm³/mol. The minimum absolute atomic E-state index is 0.0589. The molecule has 3 rings (SSSR count). The van der Waals surface area contributed by atoms with Gasteiger partial charge in [0, 0.05) is 24.0 Å². The molecule has 0 radical (unpaired) electrons. The molecular weight excluding hydrogens is 296 g/mol. The molecule has 1 fully saturated rings. The predicted octanol–water partition coefficient (Wildman–Crippen LogP) is 3.37. The van der Waals surface area contributed by atoms with Gasteiger partial charge in [-0.05, 0) is 36.9 Å². The Morgan fingerprint density at radius 1 is 1.45 bits per heavy atom. The van der Waals surface area contributed by atoms with Crippen LogP contribution in [0.4, 0.5) is 0 Å². The molecule has 3 heterocycles. The number of hydrogen-bond acceptors (Lipinski definition) is 4. The lowest BCUT2D eigenvalue weighted by Crippen LogP contribution is -2.45. The van der Waals surface area contributed by atoms with Gasteiger partial charge in [-0.25, -0.2) is 0 Å². The van der Waals surface area contributed by atoms with E-state index in [4.69, 9.17) is 4.74 Å². The molecule has 1 saturated heterocycles. The topological polar surface area (TPSA) is 42.4 Å². The molecule has 1 aliphatic heterocycles. The van der Waals surface area contributed by atoms with Crippen LogP contribution < -0.4 is 0 Å². The lowest BCUT2D eigenvalue weighted by Gasteiger charge is -2.32. The Morgan fingerprint density at radius 2 is 2.32 bits per heavy atom. The van der Waals surface area contributed by atoms with Crippen LogP contribution in [0.5, 0.6) is 0 Å². The molecule has 116 valence electrons. The smallest absolute Gasteiger partial charge is 0.255 e. The number of morpholine rings is 1. The molecule has 1 amide bonds. The van der Waals surface area contributed by atoms with Crippen LogP contribution in [0.1, 0.15) is 29.4 Å². The average Bonchev–Trinajstić information content (AvgIpc) is 3.08. The molecule has 2 aromatic rings. The van der Waals surface area contributed by atoms with Crippen LogP contribution in [0.2, 0.25) is 0 Å². The van der Waals surface area contributed by atoms with E-state index in [9.17, 15) is 4.79 Å². The molecule has 0 spiro atoms. The van der Waals surface area contributed by atoms with Crippen LogP contribution in [0.15, 0.2) is 29.0 Å². The molecule has 1 aliphatic rings. The maximum atomic E-state index is 12.7. The van der Waals surface area contributed by atoms with Crippen molar-refractivity contribution in [1.29, 1.82) is 0 Å². The maximum absolute atomic E-state index is 12.7. The summed E-state index contributed by atoms with van der Waals surface area (Å²) in [7, 11) is 0. The summed E-state index contributed by atoms with van der Waals surface area (Å²) in [6, 6.07) is 5.87. The second-order valence-corrected chi connectivity index (χ2v) is 6.27. The largest absolute Gasteiger partial charge is 0.375 e. The van der Waals surface area contributed by atoms with Gasteiger partial charge in [-0.1, -0.05) is 6.92 Å². The van der Waals surface area contributed by atoms with E-state index in [1.807, 2.05) is 35.4 Å². The molecule has 0 aliphatic carbocycles. The van der Waals surface area contributed by atoms with Gasteiger partial charge >= 0.3 is 0 Å². The fourth-order valence-electron chi connectivity index (χ4n) is 2.68. The third-order valence-electron chi connectivity index (χ3n) is 4.01. The highest BCUT2D eigenvalue weighted by Crippen LogP contribution is 2.22. The molecule has 4 nitrogen and oxygen atoms in total. The van der Waals surface area contributed by atoms with E-state index < -0.39 is 0 Å². The number of carbonyl (C=O) groups excluding carboxylic acids is 1. The van der Waals surface area contributed by atoms with Crippen LogP contribution in [-0.4, -0.2) is 41.6 Å². The molecular formula is C17H20N2O2S. The van der Waals surface area contributed by atoms with E-state index in [0.717, 1.165) is 23.4 Å². The standard InChI is InChI=1S/C17H20N2O2S/c1-3-14-10-19(7-8-21-14)17(20)15-4-5-16(18-12(15)2)13-6-9-22-11-13/h4-6,9,11,14H,3,7-8,10H2,1-2H3/t14-/m0/s1. The van der Waals surface area contributed by atoms with Crippen LogP contribution in [0.25, 0.3) is 11.3 Å². The van der Waals surface area contributed by atoms with E-state index in [1.165, 1.54) is 0 Å². The number of thiophene rings is 1. The highest BCUT2D eigenvalue weighted by Gasteiger charge is 2.25. The van der Waals surface area contributed by atoms with Crippen molar-refractivity contribution < 1.29 is 9.53 Å². The first kappa shape index (κ1) is 15.2. The minimum Gasteiger partial charge on any atom is -0.375 e. The maximum Gasteiger partial charge on any atom is 0.255 e. The monoisotopic (exact) mass is 316 g/mol. The van der Waals surface area contributed by atoms with E-state index in [2.05, 4.69) is 17.3 Å². The van der Waals surface area contributed by atoms with Crippen molar-refractivity contribution in [2.75, 3.05) is 19.7 Å². The normalized spacial score (nSPS) is 18.5. The molecule has 22 heavy (non-hydrogen) atoms. The first-order valence-corrected chi connectivity index (χ1v) is 8.54. The second kappa shape index (κ2) is 6.58. The Morgan fingerprint density at radius 3 is 3.00 bits per heavy atom. The van der Waals surface area contributed by atoms with Crippen molar-refractivity contribution in [1.82, 2.24) is 9.88 Å². The van der Waals surface area contributed by atoms with Gasteiger partial charge in [0.1, 0.15) is 0 Å². The van der Waals surface area contributed by atoms with Gasteiger partial charge in [-0.15, -0.1) is 0 Å². The molecule has 5 heteroatoms. The summed E-state index contributed by atoms with van der Waals surface area (Å²) in [6.45, 7) is 5.92. The van der Waals surface area contributed by atoms with Crippen molar-refractivity contribution in [2.24, 2.45) is 0 Å². The van der Waals surface area contributed by atoms with Crippen molar-refractivity contribution in [3.8, 4) is 11.3 Å². The van der Waals surface area contributed by atoms with Crippen molar-refractivity contribution in [3.05, 3.63) is 40.2 Å². The molecule has 0 unspecified atom stereocenters. The highest BCUT2D eigenvalue weighted by atomic mass is 32.1. The van der Waals surface area contributed by atoms with E-state index >= 15 is 0 Å². The van der Waals surface area contributed by atoms with Crippen LogP contribution >= 0.6 is 11.3 Å². The summed E-state index contributed by atoms with van der Waals surface area (Å²) in [5.74, 6) is 0.0589. The van der Waals surface area contributed by atoms with Crippen molar-refractivity contribution in [3.63, 3.8) is 0 Å². The zero-order valence-corrected chi connectivity index (χ0v) is 13.7. The first-order chi connectivity index (χ1) is 10.7. The van der Waals surface area contributed by atoms with E-state index in [1.54, 1.807) is 11.3 Å². The zero-order valence-electron chi connectivity index (χ0n) is 12.9. The Bertz CT molecular complexity index is 655. The molecule has 0 aromatic carbocycles. The fraction of sp³-hybridized carbons (Fsp3) is 0.412. The Balaban J connectivity index is 1.81. The van der Waals surface area contributed by atoms with Gasteiger partial charge in [0.05, 0.1) is 29.7 Å². The Kier molecular flexibility index (Phi) is 4.55. The summed E-state index contributed by atoms with van der Waals surface area (Å²) in [5, 5.41) is 4.10. The van der Waals surface area contributed by atoms with Crippen molar-refractivity contribution >= 4 is 17.2 Å². The van der Waals surface area contributed by atoms with Gasteiger partial charge in [0.2, 0.25) is 0 Å². The summed E-state index contributed by atoms with van der Waals surface area (Å²) in [5.41, 5.74) is 3.50. The number of amides is 1. The third kappa shape index (κ3) is 3.05.